The van der Waals surface area contributed by atoms with Gasteiger partial charge in [-0.3, -0.25) is 4.79 Å². The Bertz CT molecular complexity index is 1210. The molecule has 4 rings (SSSR count). The van der Waals surface area contributed by atoms with Crippen LogP contribution in [0.5, 0.6) is 0 Å². The van der Waals surface area contributed by atoms with E-state index in [1.54, 1.807) is 16.6 Å². The summed E-state index contributed by atoms with van der Waals surface area (Å²) in [6.45, 7) is 6.25. The van der Waals surface area contributed by atoms with Crippen molar-refractivity contribution in [3.63, 3.8) is 0 Å². The Kier molecular flexibility index (Phi) is 5.31. The maximum atomic E-state index is 13.3. The summed E-state index contributed by atoms with van der Waals surface area (Å²) in [5.41, 5.74) is 6.84. The van der Waals surface area contributed by atoms with Crippen LogP contribution in [-0.2, 0) is 17.8 Å². The van der Waals surface area contributed by atoms with E-state index in [9.17, 15) is 9.18 Å². The van der Waals surface area contributed by atoms with Crippen molar-refractivity contribution >= 4 is 11.6 Å². The molecular formula is C24H23FN4O. The molecule has 0 atom stereocenters. The number of carbonyl (C=O) groups is 1. The summed E-state index contributed by atoms with van der Waals surface area (Å²) in [6.07, 6.45) is 0.234. The van der Waals surface area contributed by atoms with Gasteiger partial charge in [0.05, 0.1) is 12.1 Å². The third-order valence-corrected chi connectivity index (χ3v) is 5.30. The average Bonchev–Trinajstić information content (AvgIpc) is 3.07. The molecule has 1 amide bonds. The Morgan fingerprint density at radius 1 is 1.00 bits per heavy atom. The third kappa shape index (κ3) is 3.81. The van der Waals surface area contributed by atoms with Gasteiger partial charge < -0.3 is 5.32 Å². The van der Waals surface area contributed by atoms with E-state index >= 15 is 0 Å². The lowest BCUT2D eigenvalue weighted by atomic mass is 10.0. The van der Waals surface area contributed by atoms with Crippen LogP contribution >= 0.6 is 0 Å². The van der Waals surface area contributed by atoms with Crippen LogP contribution in [0, 0.1) is 26.6 Å². The maximum absolute atomic E-state index is 13.3. The zero-order valence-corrected chi connectivity index (χ0v) is 17.2. The summed E-state index contributed by atoms with van der Waals surface area (Å²) >= 11 is 0. The molecule has 0 aliphatic carbocycles. The van der Waals surface area contributed by atoms with Crippen molar-refractivity contribution in [2.24, 2.45) is 0 Å². The summed E-state index contributed by atoms with van der Waals surface area (Å²) in [4.78, 5) is 17.3. The zero-order valence-electron chi connectivity index (χ0n) is 17.2. The van der Waals surface area contributed by atoms with E-state index in [0.29, 0.717) is 12.2 Å². The molecule has 4 aromatic rings. The Hall–Kier alpha value is -3.54. The normalized spacial score (nSPS) is 11.1. The van der Waals surface area contributed by atoms with Crippen LogP contribution in [-0.4, -0.2) is 20.5 Å². The first kappa shape index (κ1) is 19.8. The predicted octanol–water partition coefficient (Wildman–Crippen LogP) is 4.32. The monoisotopic (exact) mass is 402 g/mol. The van der Waals surface area contributed by atoms with E-state index in [-0.39, 0.29) is 18.1 Å². The van der Waals surface area contributed by atoms with Crippen molar-refractivity contribution < 1.29 is 9.18 Å². The second-order valence-electron chi connectivity index (χ2n) is 7.40. The standard InChI is InChI=1S/C24H23FN4O/c1-15-21(13-22(30)26-14-18-7-5-4-6-8-18)17(3)29-24(27-15)23(16(2)28-29)19-9-11-20(25)12-10-19/h4-12H,13-14H2,1-3H3,(H,26,30). The number of benzene rings is 2. The van der Waals surface area contributed by atoms with Crippen molar-refractivity contribution in [1.29, 1.82) is 0 Å². The van der Waals surface area contributed by atoms with E-state index < -0.39 is 0 Å². The highest BCUT2D eigenvalue weighted by Crippen LogP contribution is 2.29. The molecule has 2 aromatic heterocycles. The molecule has 0 aliphatic heterocycles. The minimum Gasteiger partial charge on any atom is -0.352 e. The summed E-state index contributed by atoms with van der Waals surface area (Å²) in [5, 5.41) is 7.61. The molecule has 0 unspecified atom stereocenters. The zero-order chi connectivity index (χ0) is 21.3. The molecule has 0 fully saturated rings. The molecule has 0 aliphatic rings. The summed E-state index contributed by atoms with van der Waals surface area (Å²) in [7, 11) is 0. The van der Waals surface area contributed by atoms with Crippen molar-refractivity contribution in [3.8, 4) is 11.1 Å². The number of amides is 1. The smallest absolute Gasteiger partial charge is 0.224 e. The fraction of sp³-hybridized carbons (Fsp3) is 0.208. The number of aromatic nitrogens is 3. The molecular weight excluding hydrogens is 379 g/mol. The minimum absolute atomic E-state index is 0.0613. The average molecular weight is 402 g/mol. The molecule has 0 saturated heterocycles. The van der Waals surface area contributed by atoms with Gasteiger partial charge in [-0.1, -0.05) is 42.5 Å². The first-order valence-electron chi connectivity index (χ1n) is 9.86. The van der Waals surface area contributed by atoms with Crippen LogP contribution in [0.1, 0.15) is 28.2 Å². The fourth-order valence-electron chi connectivity index (χ4n) is 3.70. The quantitative estimate of drug-likeness (QED) is 0.541. The summed E-state index contributed by atoms with van der Waals surface area (Å²) in [6, 6.07) is 16.1. The molecule has 2 heterocycles. The van der Waals surface area contributed by atoms with Crippen molar-refractivity contribution in [2.75, 3.05) is 0 Å². The van der Waals surface area contributed by atoms with Crippen LogP contribution in [0.3, 0.4) is 0 Å². The van der Waals surface area contributed by atoms with Gasteiger partial charge in [-0.25, -0.2) is 13.9 Å². The number of aryl methyl sites for hydroxylation is 3. The lowest BCUT2D eigenvalue weighted by Gasteiger charge is -2.12. The predicted molar refractivity (Wildman–Crippen MR) is 115 cm³/mol. The lowest BCUT2D eigenvalue weighted by Crippen LogP contribution is -2.25. The van der Waals surface area contributed by atoms with E-state index in [2.05, 4.69) is 10.4 Å². The van der Waals surface area contributed by atoms with Gasteiger partial charge in [-0.15, -0.1) is 0 Å². The minimum atomic E-state index is -0.281. The largest absolute Gasteiger partial charge is 0.352 e. The Morgan fingerprint density at radius 2 is 1.70 bits per heavy atom. The van der Waals surface area contributed by atoms with Crippen LogP contribution in [0.25, 0.3) is 16.8 Å². The number of fused-ring (bicyclic) bond motifs is 1. The molecule has 152 valence electrons. The summed E-state index contributed by atoms with van der Waals surface area (Å²) in [5.74, 6) is -0.342. The molecule has 1 N–H and O–H groups in total. The van der Waals surface area contributed by atoms with Gasteiger partial charge >= 0.3 is 0 Å². The lowest BCUT2D eigenvalue weighted by molar-refractivity contribution is -0.120. The molecule has 30 heavy (non-hydrogen) atoms. The van der Waals surface area contributed by atoms with Gasteiger partial charge in [-0.05, 0) is 44.0 Å². The maximum Gasteiger partial charge on any atom is 0.224 e. The Labute approximate surface area is 174 Å². The molecule has 0 radical (unpaired) electrons. The number of hydrogen-bond donors (Lipinski definition) is 1. The number of hydrogen-bond acceptors (Lipinski definition) is 3. The van der Waals surface area contributed by atoms with E-state index in [0.717, 1.165) is 39.3 Å². The van der Waals surface area contributed by atoms with Gasteiger partial charge in [0.2, 0.25) is 5.91 Å². The molecule has 0 bridgehead atoms. The highest BCUT2D eigenvalue weighted by Gasteiger charge is 2.19. The SMILES string of the molecule is Cc1nc2c(-c3ccc(F)cc3)c(C)nn2c(C)c1CC(=O)NCc1ccccc1. The molecule has 6 heteroatoms. The first-order valence-corrected chi connectivity index (χ1v) is 9.86. The van der Waals surface area contributed by atoms with E-state index in [1.807, 2.05) is 51.1 Å². The number of halogens is 1. The Balaban J connectivity index is 1.64. The van der Waals surface area contributed by atoms with Gasteiger partial charge in [0.1, 0.15) is 5.82 Å². The van der Waals surface area contributed by atoms with Crippen molar-refractivity contribution in [3.05, 3.63) is 88.6 Å². The van der Waals surface area contributed by atoms with Crippen molar-refractivity contribution in [2.45, 2.75) is 33.7 Å². The second-order valence-corrected chi connectivity index (χ2v) is 7.40. The number of carbonyl (C=O) groups excluding carboxylic acids is 1. The number of rotatable bonds is 5. The number of nitrogens with one attached hydrogen (secondary N) is 1. The van der Waals surface area contributed by atoms with Crippen LogP contribution in [0.15, 0.2) is 54.6 Å². The van der Waals surface area contributed by atoms with Crippen LogP contribution < -0.4 is 5.32 Å². The van der Waals surface area contributed by atoms with Crippen LogP contribution in [0.2, 0.25) is 0 Å². The highest BCUT2D eigenvalue weighted by atomic mass is 19.1. The van der Waals surface area contributed by atoms with Gasteiger partial charge in [0, 0.05) is 29.1 Å². The highest BCUT2D eigenvalue weighted by molar-refractivity contribution is 5.82. The van der Waals surface area contributed by atoms with E-state index in [4.69, 9.17) is 4.98 Å². The second kappa shape index (κ2) is 8.06. The van der Waals surface area contributed by atoms with Crippen molar-refractivity contribution in [1.82, 2.24) is 19.9 Å². The molecule has 0 spiro atoms. The third-order valence-electron chi connectivity index (χ3n) is 5.30. The summed E-state index contributed by atoms with van der Waals surface area (Å²) < 4.78 is 15.1. The topological polar surface area (TPSA) is 59.3 Å². The fourth-order valence-corrected chi connectivity index (χ4v) is 3.70. The number of nitrogens with zero attached hydrogens (tertiary/aromatic N) is 3. The molecule has 2 aromatic carbocycles. The van der Waals surface area contributed by atoms with Crippen LogP contribution in [0.4, 0.5) is 4.39 Å². The van der Waals surface area contributed by atoms with Gasteiger partial charge in [-0.2, -0.15) is 5.10 Å². The van der Waals surface area contributed by atoms with Gasteiger partial charge in [0.25, 0.3) is 0 Å². The molecule has 0 saturated carbocycles. The first-order chi connectivity index (χ1) is 14.4. The molecule has 5 nitrogen and oxygen atoms in total. The Morgan fingerprint density at radius 3 is 2.40 bits per heavy atom. The van der Waals surface area contributed by atoms with Gasteiger partial charge in [0.15, 0.2) is 5.65 Å². The van der Waals surface area contributed by atoms with E-state index in [1.165, 1.54) is 12.1 Å².